The second kappa shape index (κ2) is 8.52. The topological polar surface area (TPSA) is 61.4 Å². The first-order valence-electron chi connectivity index (χ1n) is 8.93. The van der Waals surface area contributed by atoms with Crippen molar-refractivity contribution < 1.29 is 9.18 Å². The van der Waals surface area contributed by atoms with Gasteiger partial charge in [-0.1, -0.05) is 11.6 Å². The van der Waals surface area contributed by atoms with E-state index < -0.39 is 5.82 Å². The summed E-state index contributed by atoms with van der Waals surface area (Å²) < 4.78 is 14.0. The van der Waals surface area contributed by atoms with Crippen molar-refractivity contribution >= 4 is 23.4 Å². The zero-order chi connectivity index (χ0) is 19.4. The van der Waals surface area contributed by atoms with Crippen molar-refractivity contribution in [1.82, 2.24) is 20.4 Å². The molecular formula is C19H23ClFN5O. The van der Waals surface area contributed by atoms with Gasteiger partial charge in [-0.15, -0.1) is 5.10 Å². The Hall–Kier alpha value is -2.41. The molecule has 1 aromatic carbocycles. The number of rotatable bonds is 5. The van der Waals surface area contributed by atoms with Crippen LogP contribution in [-0.4, -0.2) is 47.3 Å². The molecule has 1 atom stereocenters. The number of carbonyl (C=O) groups excluding carboxylic acids is 1. The van der Waals surface area contributed by atoms with E-state index in [4.69, 9.17) is 11.6 Å². The highest BCUT2D eigenvalue weighted by molar-refractivity contribution is 6.31. The van der Waals surface area contributed by atoms with E-state index in [-0.39, 0.29) is 18.6 Å². The van der Waals surface area contributed by atoms with Crippen molar-refractivity contribution in [3.05, 3.63) is 52.4 Å². The Kier molecular flexibility index (Phi) is 6.11. The molecule has 1 aliphatic rings. The number of nitrogens with zero attached hydrogens (tertiary/aromatic N) is 4. The largest absolute Gasteiger partial charge is 0.350 e. The lowest BCUT2D eigenvalue weighted by molar-refractivity contribution is 0.205. The van der Waals surface area contributed by atoms with Gasteiger partial charge in [0.25, 0.3) is 0 Å². The van der Waals surface area contributed by atoms with E-state index in [1.165, 1.54) is 6.07 Å². The minimum atomic E-state index is -0.418. The number of halogens is 2. The maximum atomic E-state index is 14.0. The standard InChI is InChI=1S/C19H23ClFN5O/c1-13-9-14(17(21)10-16(13)20)11-22-19(27)25(2)12-15-5-4-8-26(15)18-6-3-7-23-24-18/h3,6-7,9-10,15H,4-5,8,11-12H2,1-2H3,(H,22,27)/t15-/m0/s1. The molecule has 2 heterocycles. The molecule has 2 amide bonds. The summed E-state index contributed by atoms with van der Waals surface area (Å²) >= 11 is 5.91. The molecule has 1 aliphatic heterocycles. The molecule has 0 spiro atoms. The van der Waals surface area contributed by atoms with E-state index in [1.54, 1.807) is 31.1 Å². The van der Waals surface area contributed by atoms with Crippen molar-refractivity contribution in [3.8, 4) is 0 Å². The molecule has 1 aromatic heterocycles. The van der Waals surface area contributed by atoms with Crippen LogP contribution in [-0.2, 0) is 6.54 Å². The Morgan fingerprint density at radius 3 is 3.04 bits per heavy atom. The van der Waals surface area contributed by atoms with Gasteiger partial charge in [-0.3, -0.25) is 0 Å². The highest BCUT2D eigenvalue weighted by Crippen LogP contribution is 2.23. The number of nitrogens with one attached hydrogen (secondary N) is 1. The van der Waals surface area contributed by atoms with E-state index in [2.05, 4.69) is 20.4 Å². The van der Waals surface area contributed by atoms with E-state index in [0.29, 0.717) is 17.1 Å². The van der Waals surface area contributed by atoms with Gasteiger partial charge in [0.15, 0.2) is 5.82 Å². The minimum absolute atomic E-state index is 0.117. The number of anilines is 1. The summed E-state index contributed by atoms with van der Waals surface area (Å²) in [5.74, 6) is 0.408. The normalized spacial score (nSPS) is 16.4. The van der Waals surface area contributed by atoms with Gasteiger partial charge in [0.1, 0.15) is 5.82 Å². The summed E-state index contributed by atoms with van der Waals surface area (Å²) in [6.45, 7) is 3.38. The molecular weight excluding hydrogens is 369 g/mol. The SMILES string of the molecule is Cc1cc(CNC(=O)N(C)C[C@@H]2CCCN2c2cccnn2)c(F)cc1Cl. The average Bonchev–Trinajstić information content (AvgIpc) is 3.12. The summed E-state index contributed by atoms with van der Waals surface area (Å²) in [7, 11) is 1.74. The molecule has 0 unspecified atom stereocenters. The second-order valence-electron chi connectivity index (χ2n) is 6.80. The minimum Gasteiger partial charge on any atom is -0.350 e. The molecule has 27 heavy (non-hydrogen) atoms. The van der Waals surface area contributed by atoms with Crippen LogP contribution in [0.5, 0.6) is 0 Å². The van der Waals surface area contributed by atoms with Crippen molar-refractivity contribution in [2.45, 2.75) is 32.4 Å². The van der Waals surface area contributed by atoms with Crippen LogP contribution in [0.25, 0.3) is 0 Å². The van der Waals surface area contributed by atoms with Crippen LogP contribution in [0.2, 0.25) is 5.02 Å². The summed E-state index contributed by atoms with van der Waals surface area (Å²) in [6.07, 6.45) is 3.68. The van der Waals surface area contributed by atoms with E-state index in [9.17, 15) is 9.18 Å². The van der Waals surface area contributed by atoms with Gasteiger partial charge in [0.2, 0.25) is 0 Å². The van der Waals surface area contributed by atoms with Crippen LogP contribution in [0.15, 0.2) is 30.5 Å². The zero-order valence-corrected chi connectivity index (χ0v) is 16.2. The molecule has 1 N–H and O–H groups in total. The van der Waals surface area contributed by atoms with E-state index in [0.717, 1.165) is 30.8 Å². The number of hydrogen-bond donors (Lipinski definition) is 1. The molecule has 2 aromatic rings. The van der Waals surface area contributed by atoms with Crippen molar-refractivity contribution in [3.63, 3.8) is 0 Å². The number of amides is 2. The third kappa shape index (κ3) is 4.66. The molecule has 1 saturated heterocycles. The second-order valence-corrected chi connectivity index (χ2v) is 7.21. The highest BCUT2D eigenvalue weighted by Gasteiger charge is 2.28. The van der Waals surface area contributed by atoms with Crippen molar-refractivity contribution in [2.75, 3.05) is 25.0 Å². The summed E-state index contributed by atoms with van der Waals surface area (Å²) in [4.78, 5) is 16.2. The summed E-state index contributed by atoms with van der Waals surface area (Å²) in [5.41, 5.74) is 1.20. The predicted molar refractivity (Wildman–Crippen MR) is 103 cm³/mol. The number of likely N-dealkylation sites (N-methyl/N-ethyl adjacent to an activating group) is 1. The number of carbonyl (C=O) groups is 1. The average molecular weight is 392 g/mol. The third-order valence-corrected chi connectivity index (χ3v) is 5.23. The van der Waals surface area contributed by atoms with Crippen LogP contribution in [0.4, 0.5) is 15.0 Å². The molecule has 6 nitrogen and oxygen atoms in total. The van der Waals surface area contributed by atoms with Crippen molar-refractivity contribution in [1.29, 1.82) is 0 Å². The summed E-state index contributed by atoms with van der Waals surface area (Å²) in [5, 5.41) is 11.3. The Labute approximate surface area is 163 Å². The Bertz CT molecular complexity index is 804. The molecule has 8 heteroatoms. The maximum Gasteiger partial charge on any atom is 0.317 e. The summed E-state index contributed by atoms with van der Waals surface area (Å²) in [6, 6.07) is 6.66. The van der Waals surface area contributed by atoms with Crippen LogP contribution in [0, 0.1) is 12.7 Å². The number of hydrogen-bond acceptors (Lipinski definition) is 4. The quantitative estimate of drug-likeness (QED) is 0.848. The molecule has 144 valence electrons. The molecule has 1 fully saturated rings. The van der Waals surface area contributed by atoms with Crippen LogP contribution in [0.3, 0.4) is 0 Å². The smallest absolute Gasteiger partial charge is 0.317 e. The van der Waals surface area contributed by atoms with E-state index in [1.807, 2.05) is 12.1 Å². The molecule has 0 bridgehead atoms. The van der Waals surface area contributed by atoms with Crippen LogP contribution < -0.4 is 10.2 Å². The molecule has 3 rings (SSSR count). The number of aryl methyl sites for hydroxylation is 1. The first kappa shape index (κ1) is 19.4. The molecule has 0 radical (unpaired) electrons. The molecule has 0 saturated carbocycles. The molecule has 0 aliphatic carbocycles. The van der Waals surface area contributed by atoms with Gasteiger partial charge < -0.3 is 15.1 Å². The van der Waals surface area contributed by atoms with Gasteiger partial charge in [0.05, 0.1) is 0 Å². The first-order chi connectivity index (χ1) is 13.0. The third-order valence-electron chi connectivity index (χ3n) is 4.82. The first-order valence-corrected chi connectivity index (χ1v) is 9.31. The van der Waals surface area contributed by atoms with E-state index >= 15 is 0 Å². The van der Waals surface area contributed by atoms with Gasteiger partial charge in [0, 0.05) is 49.5 Å². The van der Waals surface area contributed by atoms with Crippen molar-refractivity contribution in [2.24, 2.45) is 0 Å². The van der Waals surface area contributed by atoms with Gasteiger partial charge in [-0.25, -0.2) is 9.18 Å². The number of urea groups is 1. The lowest BCUT2D eigenvalue weighted by atomic mass is 10.1. The zero-order valence-electron chi connectivity index (χ0n) is 15.5. The van der Waals surface area contributed by atoms with Crippen LogP contribution >= 0.6 is 11.6 Å². The van der Waals surface area contributed by atoms with Gasteiger partial charge in [-0.2, -0.15) is 5.10 Å². The van der Waals surface area contributed by atoms with Crippen LogP contribution in [0.1, 0.15) is 24.0 Å². The highest BCUT2D eigenvalue weighted by atomic mass is 35.5. The fourth-order valence-electron chi connectivity index (χ4n) is 3.33. The Morgan fingerprint density at radius 1 is 1.48 bits per heavy atom. The van der Waals surface area contributed by atoms with Gasteiger partial charge >= 0.3 is 6.03 Å². The lowest BCUT2D eigenvalue weighted by Crippen LogP contribution is -2.45. The Balaban J connectivity index is 1.57. The number of benzene rings is 1. The number of aromatic nitrogens is 2. The lowest BCUT2D eigenvalue weighted by Gasteiger charge is -2.29. The monoisotopic (exact) mass is 391 g/mol. The fourth-order valence-corrected chi connectivity index (χ4v) is 3.48. The fraction of sp³-hybridized carbons (Fsp3) is 0.421. The maximum absolute atomic E-state index is 14.0. The van der Waals surface area contributed by atoms with Gasteiger partial charge in [-0.05, 0) is 49.6 Å². The predicted octanol–water partition coefficient (Wildman–Crippen LogP) is 3.39. The Morgan fingerprint density at radius 2 is 2.30 bits per heavy atom.